The number of aromatic nitrogens is 1. The van der Waals surface area contributed by atoms with Crippen molar-refractivity contribution in [3.8, 4) is 0 Å². The number of carbonyl (C=O) groups excluding carboxylic acids is 1. The number of nitrogens with zero attached hydrogens (tertiary/aromatic N) is 1. The largest absolute Gasteiger partial charge is 0.469 e. The first-order chi connectivity index (χ1) is 8.65. The first-order valence-electron chi connectivity index (χ1n) is 6.27. The molecule has 0 amide bonds. The maximum absolute atomic E-state index is 11.5. The molecule has 0 radical (unpaired) electrons. The molecule has 0 spiro atoms. The van der Waals surface area contributed by atoms with Crippen molar-refractivity contribution in [1.82, 2.24) is 4.57 Å². The number of aryl methyl sites for hydroxylation is 1. The number of fused-ring (bicyclic) bond motifs is 1. The lowest BCUT2D eigenvalue weighted by molar-refractivity contribution is -0.141. The van der Waals surface area contributed by atoms with Crippen molar-refractivity contribution in [2.45, 2.75) is 26.7 Å². The number of rotatable bonds is 2. The Labute approximate surface area is 108 Å². The zero-order valence-electron chi connectivity index (χ0n) is 11.7. The van der Waals surface area contributed by atoms with Gasteiger partial charge in [-0.3, -0.25) is 4.79 Å². The van der Waals surface area contributed by atoms with Gasteiger partial charge in [0.1, 0.15) is 0 Å². The van der Waals surface area contributed by atoms with Gasteiger partial charge in [0.25, 0.3) is 0 Å². The van der Waals surface area contributed by atoms with E-state index in [1.807, 2.05) is 62.8 Å². The van der Waals surface area contributed by atoms with Crippen LogP contribution in [0, 0.1) is 0 Å². The predicted molar refractivity (Wildman–Crippen MR) is 74.7 cm³/mol. The Morgan fingerprint density at radius 3 is 2.50 bits per heavy atom. The standard InChI is InChI=1S/C13H15NO2.C2H6/c1-9(13(15)16-3)11-8-14(2)12-7-5-4-6-10(11)12;1-2/h4-9H,1-3H3;1-2H3. The molecule has 0 N–H and O–H groups in total. The van der Waals surface area contributed by atoms with Crippen LogP contribution >= 0.6 is 0 Å². The minimum Gasteiger partial charge on any atom is -0.469 e. The van der Waals surface area contributed by atoms with Crippen LogP contribution in [-0.2, 0) is 16.6 Å². The summed E-state index contributed by atoms with van der Waals surface area (Å²) in [4.78, 5) is 11.5. The molecule has 0 bridgehead atoms. The highest BCUT2D eigenvalue weighted by Crippen LogP contribution is 2.27. The molecule has 1 aromatic carbocycles. The molecule has 18 heavy (non-hydrogen) atoms. The maximum Gasteiger partial charge on any atom is 0.312 e. The summed E-state index contributed by atoms with van der Waals surface area (Å²) in [5.41, 5.74) is 2.15. The number of benzene rings is 1. The van der Waals surface area contributed by atoms with E-state index in [-0.39, 0.29) is 11.9 Å². The Bertz CT molecular complexity index is 528. The number of ether oxygens (including phenoxy) is 1. The summed E-state index contributed by atoms with van der Waals surface area (Å²) < 4.78 is 6.81. The molecule has 0 saturated carbocycles. The van der Waals surface area contributed by atoms with Crippen LogP contribution in [0.4, 0.5) is 0 Å². The van der Waals surface area contributed by atoms with Crippen molar-refractivity contribution in [1.29, 1.82) is 0 Å². The summed E-state index contributed by atoms with van der Waals surface area (Å²) in [6, 6.07) is 8.05. The van der Waals surface area contributed by atoms with E-state index >= 15 is 0 Å². The molecule has 0 aliphatic carbocycles. The van der Waals surface area contributed by atoms with Gasteiger partial charge in [-0.05, 0) is 18.6 Å². The van der Waals surface area contributed by atoms with Crippen molar-refractivity contribution in [2.24, 2.45) is 7.05 Å². The zero-order valence-corrected chi connectivity index (χ0v) is 11.7. The van der Waals surface area contributed by atoms with E-state index in [1.54, 1.807) is 0 Å². The van der Waals surface area contributed by atoms with E-state index in [4.69, 9.17) is 4.74 Å². The Balaban J connectivity index is 0.000000771. The number of carbonyl (C=O) groups is 1. The van der Waals surface area contributed by atoms with Gasteiger partial charge in [-0.1, -0.05) is 32.0 Å². The van der Waals surface area contributed by atoms with E-state index in [9.17, 15) is 4.79 Å². The van der Waals surface area contributed by atoms with Crippen LogP contribution in [0.25, 0.3) is 10.9 Å². The molecule has 3 heteroatoms. The van der Waals surface area contributed by atoms with Gasteiger partial charge >= 0.3 is 5.97 Å². The van der Waals surface area contributed by atoms with Crippen LogP contribution in [0.3, 0.4) is 0 Å². The highest BCUT2D eigenvalue weighted by atomic mass is 16.5. The lowest BCUT2D eigenvalue weighted by Gasteiger charge is -2.07. The van der Waals surface area contributed by atoms with E-state index in [0.29, 0.717) is 0 Å². The van der Waals surface area contributed by atoms with Gasteiger partial charge in [0.15, 0.2) is 0 Å². The fourth-order valence-electron chi connectivity index (χ4n) is 2.02. The van der Waals surface area contributed by atoms with Crippen LogP contribution in [0.5, 0.6) is 0 Å². The van der Waals surface area contributed by atoms with Crippen LogP contribution in [0.2, 0.25) is 0 Å². The topological polar surface area (TPSA) is 31.2 Å². The zero-order chi connectivity index (χ0) is 13.7. The van der Waals surface area contributed by atoms with E-state index in [2.05, 4.69) is 0 Å². The van der Waals surface area contributed by atoms with Crippen molar-refractivity contribution < 1.29 is 9.53 Å². The molecule has 0 saturated heterocycles. The lowest BCUT2D eigenvalue weighted by atomic mass is 10.0. The van der Waals surface area contributed by atoms with E-state index in [1.165, 1.54) is 7.11 Å². The van der Waals surface area contributed by atoms with Gasteiger partial charge in [0.2, 0.25) is 0 Å². The molecule has 0 fully saturated rings. The minimum atomic E-state index is -0.226. The van der Waals surface area contributed by atoms with Crippen molar-refractivity contribution in [3.05, 3.63) is 36.0 Å². The normalized spacial score (nSPS) is 11.6. The Morgan fingerprint density at radius 2 is 1.89 bits per heavy atom. The fourth-order valence-corrected chi connectivity index (χ4v) is 2.02. The number of esters is 1. The number of hydrogen-bond donors (Lipinski definition) is 0. The average Bonchev–Trinajstić information content (AvgIpc) is 2.77. The summed E-state index contributed by atoms with van der Waals surface area (Å²) in [7, 11) is 3.40. The monoisotopic (exact) mass is 247 g/mol. The Kier molecular flexibility index (Phi) is 4.95. The molecule has 98 valence electrons. The smallest absolute Gasteiger partial charge is 0.312 e. The van der Waals surface area contributed by atoms with Gasteiger partial charge in [0.05, 0.1) is 13.0 Å². The predicted octanol–water partition coefficient (Wildman–Crippen LogP) is 3.48. The third-order valence-corrected chi connectivity index (χ3v) is 2.95. The Hall–Kier alpha value is -1.77. The Morgan fingerprint density at radius 1 is 1.28 bits per heavy atom. The second-order valence-corrected chi connectivity index (χ2v) is 3.96. The quantitative estimate of drug-likeness (QED) is 0.761. The third kappa shape index (κ3) is 2.55. The van der Waals surface area contributed by atoms with Crippen LogP contribution in [-0.4, -0.2) is 17.6 Å². The van der Waals surface area contributed by atoms with Crippen LogP contribution in [0.15, 0.2) is 30.5 Å². The molecular formula is C15H21NO2. The summed E-state index contributed by atoms with van der Waals surface area (Å²) in [5, 5.41) is 1.11. The van der Waals surface area contributed by atoms with Gasteiger partial charge in [-0.25, -0.2) is 0 Å². The van der Waals surface area contributed by atoms with Crippen LogP contribution < -0.4 is 0 Å². The highest BCUT2D eigenvalue weighted by molar-refractivity contribution is 5.90. The van der Waals surface area contributed by atoms with Gasteiger partial charge < -0.3 is 9.30 Å². The van der Waals surface area contributed by atoms with E-state index < -0.39 is 0 Å². The molecular weight excluding hydrogens is 226 g/mol. The molecule has 1 aromatic heterocycles. The minimum absolute atomic E-state index is 0.198. The number of methoxy groups -OCH3 is 1. The average molecular weight is 247 g/mol. The first kappa shape index (κ1) is 14.3. The second kappa shape index (κ2) is 6.24. The fraction of sp³-hybridized carbons (Fsp3) is 0.400. The summed E-state index contributed by atoms with van der Waals surface area (Å²) >= 11 is 0. The molecule has 2 rings (SSSR count). The van der Waals surface area contributed by atoms with Gasteiger partial charge in [-0.2, -0.15) is 0 Å². The van der Waals surface area contributed by atoms with Crippen molar-refractivity contribution in [2.75, 3.05) is 7.11 Å². The maximum atomic E-state index is 11.5. The van der Waals surface area contributed by atoms with Crippen molar-refractivity contribution >= 4 is 16.9 Å². The van der Waals surface area contributed by atoms with Crippen LogP contribution in [0.1, 0.15) is 32.3 Å². The van der Waals surface area contributed by atoms with E-state index in [0.717, 1.165) is 16.5 Å². The number of para-hydroxylation sites is 1. The third-order valence-electron chi connectivity index (χ3n) is 2.95. The number of hydrogen-bond acceptors (Lipinski definition) is 2. The summed E-state index contributed by atoms with van der Waals surface area (Å²) in [6.07, 6.45) is 1.99. The summed E-state index contributed by atoms with van der Waals surface area (Å²) in [5.74, 6) is -0.424. The van der Waals surface area contributed by atoms with Crippen molar-refractivity contribution in [3.63, 3.8) is 0 Å². The molecule has 3 nitrogen and oxygen atoms in total. The first-order valence-corrected chi connectivity index (χ1v) is 6.27. The molecule has 0 aliphatic heterocycles. The highest BCUT2D eigenvalue weighted by Gasteiger charge is 2.19. The lowest BCUT2D eigenvalue weighted by Crippen LogP contribution is -2.10. The van der Waals surface area contributed by atoms with Gasteiger partial charge in [-0.15, -0.1) is 0 Å². The molecule has 2 aromatic rings. The SMILES string of the molecule is CC.COC(=O)C(C)c1cn(C)c2ccccc12. The molecule has 1 unspecified atom stereocenters. The van der Waals surface area contributed by atoms with Gasteiger partial charge in [0, 0.05) is 24.1 Å². The molecule has 0 aliphatic rings. The second-order valence-electron chi connectivity index (χ2n) is 3.96. The summed E-state index contributed by atoms with van der Waals surface area (Å²) in [6.45, 7) is 5.87. The molecule has 1 heterocycles. The molecule has 1 atom stereocenters.